The average molecular weight is 1050 g/mol. The van der Waals surface area contributed by atoms with Crippen molar-refractivity contribution >= 4 is 29.3 Å². The summed E-state index contributed by atoms with van der Waals surface area (Å²) >= 11 is 0. The van der Waals surface area contributed by atoms with Crippen molar-refractivity contribution in [3.05, 3.63) is 29.3 Å². The molecule has 0 heterocycles. The minimum atomic E-state index is -0.219. The number of rotatable bonds is 56. The summed E-state index contributed by atoms with van der Waals surface area (Å²) in [5.74, 6) is 0.153. The van der Waals surface area contributed by atoms with Crippen LogP contribution in [0.25, 0.3) is 0 Å². The summed E-state index contributed by atoms with van der Waals surface area (Å²) < 4.78 is 0. The van der Waals surface area contributed by atoms with E-state index in [9.17, 15) is 14.4 Å². The maximum Gasteiger partial charge on any atom is 0.224 e. The lowest BCUT2D eigenvalue weighted by Crippen LogP contribution is -2.47. The van der Waals surface area contributed by atoms with Gasteiger partial charge in [0, 0.05) is 44.0 Å². The first kappa shape index (κ1) is 70.1. The summed E-state index contributed by atoms with van der Waals surface area (Å²) in [6.45, 7) is 11.7. The Balaban J connectivity index is 3.49. The molecule has 0 aliphatic carbocycles. The Morgan fingerprint density at radius 1 is 0.427 bits per heavy atom. The predicted molar refractivity (Wildman–Crippen MR) is 324 cm³/mol. The molecule has 1 rings (SSSR count). The number of amides is 4. The second-order valence-electron chi connectivity index (χ2n) is 23.3. The van der Waals surface area contributed by atoms with Crippen LogP contribution in [0.1, 0.15) is 359 Å². The molecular formula is C67H124N4O4. The lowest BCUT2D eigenvalue weighted by molar-refractivity contribution is -0.135. The molecule has 4 N–H and O–H groups in total. The summed E-state index contributed by atoms with van der Waals surface area (Å²) in [4.78, 5) is 56.4. The van der Waals surface area contributed by atoms with Gasteiger partial charge in [-0.2, -0.15) is 0 Å². The largest absolute Gasteiger partial charge is 0.370 e. The Morgan fingerprint density at radius 2 is 0.773 bits per heavy atom. The smallest absolute Gasteiger partial charge is 0.224 e. The average Bonchev–Trinajstić information content (AvgIpc) is 3.39. The molecule has 0 fully saturated rings. The van der Waals surface area contributed by atoms with Crippen LogP contribution in [0.4, 0.5) is 5.69 Å². The Bertz CT molecular complexity index is 1500. The van der Waals surface area contributed by atoms with Gasteiger partial charge in [-0.15, -0.1) is 0 Å². The molecule has 0 saturated heterocycles. The van der Waals surface area contributed by atoms with Crippen LogP contribution in [-0.2, 0) is 19.2 Å². The molecule has 75 heavy (non-hydrogen) atoms. The molecule has 1 aromatic rings. The first-order valence-electron chi connectivity index (χ1n) is 32.9. The fourth-order valence-electron chi connectivity index (χ4n) is 11.1. The lowest BCUT2D eigenvalue weighted by atomic mass is 9.93. The zero-order chi connectivity index (χ0) is 54.7. The van der Waals surface area contributed by atoms with Crippen LogP contribution in [0, 0.1) is 6.92 Å². The molecule has 1 aromatic carbocycles. The SMILES string of the molecule is CCCCCCCCCCCC(=O)Nc1cc(C)ccc1C(CCCCCCCCCCC(N)=O)N(CC(CCCCCCCCCC)NC(=O)CCCCCCCCCCC)C(=O)CCCCCCCCCCC. The molecule has 2 unspecified atom stereocenters. The summed E-state index contributed by atoms with van der Waals surface area (Å²) in [5, 5.41) is 6.95. The molecular weight excluding hydrogens is 925 g/mol. The molecule has 0 spiro atoms. The first-order valence-corrected chi connectivity index (χ1v) is 32.9. The van der Waals surface area contributed by atoms with Crippen LogP contribution < -0.4 is 16.4 Å². The van der Waals surface area contributed by atoms with E-state index in [0.717, 1.165) is 139 Å². The number of nitrogens with two attached hydrogens (primary N) is 1. The number of hydrogen-bond donors (Lipinski definition) is 3. The van der Waals surface area contributed by atoms with E-state index in [4.69, 9.17) is 5.73 Å². The molecule has 4 amide bonds. The van der Waals surface area contributed by atoms with Gasteiger partial charge < -0.3 is 21.3 Å². The fourth-order valence-corrected chi connectivity index (χ4v) is 11.1. The molecule has 2 atom stereocenters. The van der Waals surface area contributed by atoms with Crippen molar-refractivity contribution in [2.45, 2.75) is 361 Å². The lowest BCUT2D eigenvalue weighted by Gasteiger charge is -2.37. The number of unbranched alkanes of at least 4 members (excludes halogenated alkanes) is 38. The maximum absolute atomic E-state index is 15.1. The van der Waals surface area contributed by atoms with Gasteiger partial charge in [0.25, 0.3) is 0 Å². The highest BCUT2D eigenvalue weighted by molar-refractivity contribution is 5.92. The van der Waals surface area contributed by atoms with Crippen LogP contribution in [-0.4, -0.2) is 41.1 Å². The third-order valence-electron chi connectivity index (χ3n) is 15.9. The second-order valence-corrected chi connectivity index (χ2v) is 23.3. The Morgan fingerprint density at radius 3 is 1.19 bits per heavy atom. The molecule has 0 aromatic heterocycles. The van der Waals surface area contributed by atoms with Crippen LogP contribution in [0.3, 0.4) is 0 Å². The highest BCUT2D eigenvalue weighted by atomic mass is 16.2. The zero-order valence-electron chi connectivity index (χ0n) is 50.4. The van der Waals surface area contributed by atoms with Crippen LogP contribution >= 0.6 is 0 Å². The van der Waals surface area contributed by atoms with Crippen LogP contribution in [0.15, 0.2) is 18.2 Å². The molecule has 8 heteroatoms. The molecule has 436 valence electrons. The normalized spacial score (nSPS) is 12.2. The fraction of sp³-hybridized carbons (Fsp3) is 0.851. The van der Waals surface area contributed by atoms with Crippen LogP contribution in [0.2, 0.25) is 0 Å². The summed E-state index contributed by atoms with van der Waals surface area (Å²) in [6, 6.07) is 6.13. The number of anilines is 1. The van der Waals surface area contributed by atoms with Crippen molar-refractivity contribution in [1.29, 1.82) is 0 Å². The van der Waals surface area contributed by atoms with E-state index in [1.165, 1.54) is 167 Å². The third-order valence-corrected chi connectivity index (χ3v) is 15.9. The monoisotopic (exact) mass is 1050 g/mol. The quantitative estimate of drug-likeness (QED) is 0.0563. The van der Waals surface area contributed by atoms with E-state index in [0.29, 0.717) is 32.2 Å². The van der Waals surface area contributed by atoms with Crippen molar-refractivity contribution in [3.63, 3.8) is 0 Å². The number of nitrogens with zero attached hydrogens (tertiary/aromatic N) is 1. The minimum Gasteiger partial charge on any atom is -0.370 e. The van der Waals surface area contributed by atoms with E-state index in [-0.39, 0.29) is 35.7 Å². The van der Waals surface area contributed by atoms with Crippen molar-refractivity contribution in [3.8, 4) is 0 Å². The van der Waals surface area contributed by atoms with Crippen molar-refractivity contribution in [1.82, 2.24) is 10.2 Å². The molecule has 0 aliphatic rings. The number of primary amides is 1. The van der Waals surface area contributed by atoms with Gasteiger partial charge in [0.05, 0.1) is 6.04 Å². The molecule has 0 aliphatic heterocycles. The summed E-state index contributed by atoms with van der Waals surface area (Å²) in [5.41, 5.74) is 8.34. The molecule has 0 bridgehead atoms. The van der Waals surface area contributed by atoms with Crippen LogP contribution in [0.5, 0.6) is 0 Å². The van der Waals surface area contributed by atoms with E-state index in [1.807, 2.05) is 0 Å². The number of hydrogen-bond acceptors (Lipinski definition) is 4. The Hall–Kier alpha value is -2.90. The number of aryl methyl sites for hydroxylation is 1. The number of benzene rings is 1. The van der Waals surface area contributed by atoms with Gasteiger partial charge in [0.1, 0.15) is 0 Å². The first-order chi connectivity index (χ1) is 36.7. The highest BCUT2D eigenvalue weighted by Crippen LogP contribution is 2.35. The summed E-state index contributed by atoms with van der Waals surface area (Å²) in [6.07, 6.45) is 54.7. The van der Waals surface area contributed by atoms with Gasteiger partial charge in [0.2, 0.25) is 23.6 Å². The topological polar surface area (TPSA) is 122 Å². The highest BCUT2D eigenvalue weighted by Gasteiger charge is 2.30. The maximum atomic E-state index is 15.1. The second kappa shape index (κ2) is 51.8. The van der Waals surface area contributed by atoms with Gasteiger partial charge in [-0.25, -0.2) is 0 Å². The van der Waals surface area contributed by atoms with E-state index < -0.39 is 0 Å². The van der Waals surface area contributed by atoms with Crippen molar-refractivity contribution in [2.24, 2.45) is 5.73 Å². The Labute approximate surface area is 465 Å². The minimum absolute atomic E-state index is 0.0586. The zero-order valence-corrected chi connectivity index (χ0v) is 50.4. The van der Waals surface area contributed by atoms with Gasteiger partial charge in [-0.3, -0.25) is 19.2 Å². The van der Waals surface area contributed by atoms with Gasteiger partial charge in [0.15, 0.2) is 0 Å². The molecule has 0 radical (unpaired) electrons. The van der Waals surface area contributed by atoms with Gasteiger partial charge in [-0.05, 0) is 62.6 Å². The number of nitrogens with one attached hydrogen (secondary N) is 2. The third kappa shape index (κ3) is 41.8. The standard InChI is InChI=1S/C67H124N4O4/c1-6-10-14-18-22-26-34-40-46-52-65(73)69-60(49-43-37-31-25-21-17-13-9-4)58-71(67(75)54-48-42-36-28-24-20-16-12-8-3)63(50-44-38-32-29-30-33-39-45-51-64(68)72)61-56-55-59(5)57-62(61)70-66(74)53-47-41-35-27-23-19-15-11-7-2/h55-57,60,63H,6-54,58H2,1-5H3,(H2,68,72)(H,69,73)(H,70,74). The summed E-state index contributed by atoms with van der Waals surface area (Å²) in [7, 11) is 0. The molecule has 0 saturated carbocycles. The van der Waals surface area contributed by atoms with Gasteiger partial charge in [-0.1, -0.05) is 290 Å². The van der Waals surface area contributed by atoms with Crippen molar-refractivity contribution < 1.29 is 19.2 Å². The number of carbonyl (C=O) groups is 4. The predicted octanol–water partition coefficient (Wildman–Crippen LogP) is 20.0. The Kier molecular flexibility index (Phi) is 48.5. The van der Waals surface area contributed by atoms with E-state index in [1.54, 1.807) is 0 Å². The van der Waals surface area contributed by atoms with E-state index >= 15 is 4.79 Å². The van der Waals surface area contributed by atoms with E-state index in [2.05, 4.69) is 68.4 Å². The van der Waals surface area contributed by atoms with Crippen molar-refractivity contribution in [2.75, 3.05) is 11.9 Å². The van der Waals surface area contributed by atoms with Gasteiger partial charge >= 0.3 is 0 Å². The molecule has 8 nitrogen and oxygen atoms in total. The number of carbonyl (C=O) groups excluding carboxylic acids is 4.